The highest BCUT2D eigenvalue weighted by Gasteiger charge is 2.14. The van der Waals surface area contributed by atoms with Crippen LogP contribution in [0.1, 0.15) is 0 Å². The van der Waals surface area contributed by atoms with Crippen molar-refractivity contribution in [3.63, 3.8) is 0 Å². The molecule has 68 valence electrons. The molecule has 0 amide bonds. The summed E-state index contributed by atoms with van der Waals surface area (Å²) in [6.07, 6.45) is 10.3. The fourth-order valence-corrected chi connectivity index (χ4v) is 1.49. The van der Waals surface area contributed by atoms with E-state index < -0.39 is 0 Å². The molecule has 1 heterocycles. The van der Waals surface area contributed by atoms with Crippen LogP contribution in [0.15, 0.2) is 42.6 Å². The topological polar surface area (TPSA) is 31.1 Å². The fraction of sp³-hybridized carbons (Fsp3) is 0.200. The van der Waals surface area contributed by atoms with Crippen molar-refractivity contribution < 1.29 is 0 Å². The number of nitrogens with zero attached hydrogens (tertiary/aromatic N) is 1. The van der Waals surface area contributed by atoms with E-state index >= 15 is 0 Å². The number of hydrogen-bond acceptors (Lipinski definition) is 2. The highest BCUT2D eigenvalue weighted by atomic mass is 15.5. The van der Waals surface area contributed by atoms with E-state index in [9.17, 15) is 0 Å². The number of aromatic amines is 1. The zero-order chi connectivity index (χ0) is 9.10. The Morgan fingerprint density at radius 3 is 2.69 bits per heavy atom. The molecule has 1 aromatic rings. The molecule has 3 heteroatoms. The molecular formula is C10H13N3. The van der Waals surface area contributed by atoms with Gasteiger partial charge in [-0.25, -0.2) is 5.43 Å². The molecule has 0 bridgehead atoms. The van der Waals surface area contributed by atoms with Crippen molar-refractivity contribution in [2.45, 2.75) is 6.04 Å². The van der Waals surface area contributed by atoms with Crippen LogP contribution in [0.3, 0.4) is 0 Å². The predicted octanol–water partition coefficient (Wildman–Crippen LogP) is 1.45. The highest BCUT2D eigenvalue weighted by molar-refractivity contribution is 5.43. The van der Waals surface area contributed by atoms with E-state index in [0.29, 0.717) is 6.04 Å². The number of H-pyrrole nitrogens is 1. The molecule has 2 N–H and O–H groups in total. The first-order valence-electron chi connectivity index (χ1n) is 4.37. The standard InChI is InChI=1S/C10H13N3/c1-11-13(9-5-2-3-6-9)10-7-4-8-12-10/h2-9,11-12H,1H3. The minimum absolute atomic E-state index is 0.309. The van der Waals surface area contributed by atoms with E-state index in [0.717, 1.165) is 5.82 Å². The maximum atomic E-state index is 3.16. The highest BCUT2D eigenvalue weighted by Crippen LogP contribution is 2.15. The molecule has 0 saturated carbocycles. The molecule has 0 aliphatic heterocycles. The molecule has 0 aromatic carbocycles. The number of anilines is 1. The van der Waals surface area contributed by atoms with E-state index in [4.69, 9.17) is 0 Å². The van der Waals surface area contributed by atoms with Crippen LogP contribution in [0.2, 0.25) is 0 Å². The van der Waals surface area contributed by atoms with Gasteiger partial charge in [0, 0.05) is 13.2 Å². The summed E-state index contributed by atoms with van der Waals surface area (Å²) in [5, 5.41) is 2.07. The van der Waals surface area contributed by atoms with Gasteiger partial charge in [-0.2, -0.15) is 0 Å². The number of aromatic nitrogens is 1. The zero-order valence-electron chi connectivity index (χ0n) is 7.57. The van der Waals surface area contributed by atoms with Crippen molar-refractivity contribution in [2.75, 3.05) is 12.1 Å². The van der Waals surface area contributed by atoms with Gasteiger partial charge in [0.2, 0.25) is 0 Å². The molecule has 1 aliphatic rings. The lowest BCUT2D eigenvalue weighted by molar-refractivity contribution is 0.682. The van der Waals surface area contributed by atoms with Crippen molar-refractivity contribution in [1.82, 2.24) is 10.4 Å². The lowest BCUT2D eigenvalue weighted by Crippen LogP contribution is -2.41. The SMILES string of the molecule is CNN(c1ccc[nH]1)C1C=CC=C1. The molecule has 0 spiro atoms. The first-order valence-corrected chi connectivity index (χ1v) is 4.37. The van der Waals surface area contributed by atoms with Crippen LogP contribution in [0.25, 0.3) is 0 Å². The molecule has 1 aromatic heterocycles. The number of rotatable bonds is 3. The average molecular weight is 175 g/mol. The van der Waals surface area contributed by atoms with Gasteiger partial charge in [-0.05, 0) is 12.1 Å². The van der Waals surface area contributed by atoms with Gasteiger partial charge < -0.3 is 4.98 Å². The largest absolute Gasteiger partial charge is 0.347 e. The van der Waals surface area contributed by atoms with Gasteiger partial charge in [0.25, 0.3) is 0 Å². The third kappa shape index (κ3) is 1.51. The Bertz CT molecular complexity index is 299. The van der Waals surface area contributed by atoms with E-state index in [-0.39, 0.29) is 0 Å². The Labute approximate surface area is 77.7 Å². The molecule has 13 heavy (non-hydrogen) atoms. The molecule has 0 fully saturated rings. The van der Waals surface area contributed by atoms with E-state index in [1.54, 1.807) is 0 Å². The van der Waals surface area contributed by atoms with E-state index in [2.05, 4.69) is 39.7 Å². The fourth-order valence-electron chi connectivity index (χ4n) is 1.49. The van der Waals surface area contributed by atoms with Crippen molar-refractivity contribution in [3.8, 4) is 0 Å². The van der Waals surface area contributed by atoms with Gasteiger partial charge in [-0.3, -0.25) is 5.01 Å². The minimum atomic E-state index is 0.309. The third-order valence-electron chi connectivity index (χ3n) is 2.11. The number of allylic oxidation sites excluding steroid dienone is 2. The number of nitrogens with one attached hydrogen (secondary N) is 2. The second-order valence-electron chi connectivity index (χ2n) is 2.91. The van der Waals surface area contributed by atoms with Crippen molar-refractivity contribution in [3.05, 3.63) is 42.6 Å². The lowest BCUT2D eigenvalue weighted by atomic mass is 10.3. The smallest absolute Gasteiger partial charge is 0.121 e. The monoisotopic (exact) mass is 175 g/mol. The van der Waals surface area contributed by atoms with Crippen LogP contribution >= 0.6 is 0 Å². The van der Waals surface area contributed by atoms with Gasteiger partial charge in [-0.15, -0.1) is 0 Å². The molecule has 2 rings (SSSR count). The zero-order valence-corrected chi connectivity index (χ0v) is 7.57. The number of hydrogen-bond donors (Lipinski definition) is 2. The first kappa shape index (κ1) is 8.13. The summed E-state index contributed by atoms with van der Waals surface area (Å²) in [6, 6.07) is 4.34. The Kier molecular flexibility index (Phi) is 2.19. The van der Waals surface area contributed by atoms with Crippen molar-refractivity contribution in [2.24, 2.45) is 0 Å². The molecule has 3 nitrogen and oxygen atoms in total. The Hall–Kier alpha value is -1.48. The van der Waals surface area contributed by atoms with Gasteiger partial charge in [0.1, 0.15) is 5.82 Å². The predicted molar refractivity (Wildman–Crippen MR) is 54.4 cm³/mol. The summed E-state index contributed by atoms with van der Waals surface area (Å²) in [5.74, 6) is 1.07. The average Bonchev–Trinajstić information content (AvgIpc) is 2.76. The molecule has 1 aliphatic carbocycles. The maximum absolute atomic E-state index is 3.16. The van der Waals surface area contributed by atoms with Gasteiger partial charge in [0.05, 0.1) is 6.04 Å². The third-order valence-corrected chi connectivity index (χ3v) is 2.11. The molecular weight excluding hydrogens is 162 g/mol. The van der Waals surface area contributed by atoms with Crippen LogP contribution in [-0.4, -0.2) is 18.1 Å². The van der Waals surface area contributed by atoms with Gasteiger partial charge in [0.15, 0.2) is 0 Å². The van der Waals surface area contributed by atoms with Crippen LogP contribution in [0.5, 0.6) is 0 Å². The van der Waals surface area contributed by atoms with Crippen LogP contribution in [0, 0.1) is 0 Å². The van der Waals surface area contributed by atoms with Crippen molar-refractivity contribution in [1.29, 1.82) is 0 Å². The lowest BCUT2D eigenvalue weighted by Gasteiger charge is -2.26. The molecule has 0 atom stereocenters. The van der Waals surface area contributed by atoms with Crippen LogP contribution < -0.4 is 10.4 Å². The summed E-state index contributed by atoms with van der Waals surface area (Å²) < 4.78 is 0. The van der Waals surface area contributed by atoms with Crippen LogP contribution in [0.4, 0.5) is 5.82 Å². The normalized spacial score (nSPS) is 15.5. The second-order valence-corrected chi connectivity index (χ2v) is 2.91. The summed E-state index contributed by atoms with van der Waals surface area (Å²) in [6.45, 7) is 0. The van der Waals surface area contributed by atoms with Crippen LogP contribution in [-0.2, 0) is 0 Å². The molecule has 0 unspecified atom stereocenters. The molecule has 0 radical (unpaired) electrons. The summed E-state index contributed by atoms with van der Waals surface area (Å²) in [5.41, 5.74) is 3.15. The van der Waals surface area contributed by atoms with E-state index in [1.165, 1.54) is 0 Å². The summed E-state index contributed by atoms with van der Waals surface area (Å²) in [4.78, 5) is 3.16. The molecule has 0 saturated heterocycles. The number of hydrazine groups is 1. The quantitative estimate of drug-likeness (QED) is 0.681. The summed E-state index contributed by atoms with van der Waals surface area (Å²) in [7, 11) is 1.92. The Morgan fingerprint density at radius 2 is 2.15 bits per heavy atom. The first-order chi connectivity index (χ1) is 6.42. The maximum Gasteiger partial charge on any atom is 0.121 e. The second kappa shape index (κ2) is 3.49. The van der Waals surface area contributed by atoms with Crippen molar-refractivity contribution >= 4 is 5.82 Å². The van der Waals surface area contributed by atoms with Gasteiger partial charge >= 0.3 is 0 Å². The summed E-state index contributed by atoms with van der Waals surface area (Å²) >= 11 is 0. The van der Waals surface area contributed by atoms with Gasteiger partial charge in [-0.1, -0.05) is 24.3 Å². The Morgan fingerprint density at radius 1 is 1.38 bits per heavy atom. The van der Waals surface area contributed by atoms with E-state index in [1.807, 2.05) is 25.4 Å². The minimum Gasteiger partial charge on any atom is -0.347 e. The Balaban J connectivity index is 2.18.